The highest BCUT2D eigenvalue weighted by Gasteiger charge is 2.44. The number of aliphatic hydroxyl groups is 4. The van der Waals surface area contributed by atoms with Crippen molar-refractivity contribution >= 4 is 12.1 Å². The topological polar surface area (TPSA) is 146 Å². The number of rotatable bonds is 5. The van der Waals surface area contributed by atoms with Crippen molar-refractivity contribution in [3.8, 4) is 0 Å². The van der Waals surface area contributed by atoms with E-state index in [1.54, 1.807) is 0 Å². The number of aliphatic hydroxyl groups excluding tert-OH is 4. The van der Waals surface area contributed by atoms with Crippen molar-refractivity contribution in [1.29, 1.82) is 0 Å². The lowest BCUT2D eigenvalue weighted by Gasteiger charge is -2.38. The SMILES string of the molecule is O=C(OC[C@@H]1O[C@H](O)[C@H](O)[C@H](O)[C@@H]1O)[C@@H]1CCCN1C(=O)OCc1ccccc1. The van der Waals surface area contributed by atoms with E-state index in [-0.39, 0.29) is 6.61 Å². The Morgan fingerprint density at radius 3 is 2.48 bits per heavy atom. The summed E-state index contributed by atoms with van der Waals surface area (Å²) in [6.45, 7) is -0.0258. The highest BCUT2D eigenvalue weighted by atomic mass is 16.7. The highest BCUT2D eigenvalue weighted by Crippen LogP contribution is 2.23. The van der Waals surface area contributed by atoms with Gasteiger partial charge < -0.3 is 34.6 Å². The molecule has 6 atom stereocenters. The molecule has 2 fully saturated rings. The number of carbonyl (C=O) groups excluding carboxylic acids is 2. The quantitative estimate of drug-likeness (QED) is 0.454. The maximum Gasteiger partial charge on any atom is 0.410 e. The van der Waals surface area contributed by atoms with E-state index < -0.39 is 55.4 Å². The monoisotopic (exact) mass is 411 g/mol. The van der Waals surface area contributed by atoms with Gasteiger partial charge >= 0.3 is 12.1 Å². The lowest BCUT2D eigenvalue weighted by atomic mass is 9.99. The summed E-state index contributed by atoms with van der Waals surface area (Å²) in [6, 6.07) is 8.31. The first-order valence-corrected chi connectivity index (χ1v) is 9.40. The van der Waals surface area contributed by atoms with Gasteiger partial charge in [-0.3, -0.25) is 4.90 Å². The van der Waals surface area contributed by atoms with Crippen LogP contribution < -0.4 is 0 Å². The van der Waals surface area contributed by atoms with Gasteiger partial charge in [0.25, 0.3) is 0 Å². The number of benzene rings is 1. The molecule has 0 saturated carbocycles. The largest absolute Gasteiger partial charge is 0.461 e. The van der Waals surface area contributed by atoms with Crippen molar-refractivity contribution in [2.24, 2.45) is 0 Å². The van der Waals surface area contributed by atoms with Crippen molar-refractivity contribution in [2.45, 2.75) is 56.2 Å². The Hall–Kier alpha value is -2.24. The standard InChI is InChI=1S/C19H25NO9/c21-14-13(29-18(25)16(23)15(14)22)10-27-17(24)12-7-4-8-20(12)19(26)28-9-11-5-2-1-3-6-11/h1-3,5-6,12-16,18,21-23,25H,4,7-10H2/t12-,13-,14+,15+,16+,18-/m0/s1. The molecule has 2 aliphatic heterocycles. The number of amides is 1. The van der Waals surface area contributed by atoms with Crippen molar-refractivity contribution in [3.05, 3.63) is 35.9 Å². The minimum absolute atomic E-state index is 0.0815. The number of ether oxygens (including phenoxy) is 3. The zero-order valence-electron chi connectivity index (χ0n) is 15.7. The maximum absolute atomic E-state index is 12.4. The van der Waals surface area contributed by atoms with Crippen LogP contribution in [0.15, 0.2) is 30.3 Å². The zero-order valence-corrected chi connectivity index (χ0v) is 15.7. The van der Waals surface area contributed by atoms with E-state index in [1.165, 1.54) is 4.90 Å². The Balaban J connectivity index is 1.51. The first-order valence-electron chi connectivity index (χ1n) is 9.40. The second-order valence-corrected chi connectivity index (χ2v) is 7.06. The van der Waals surface area contributed by atoms with Crippen molar-refractivity contribution in [1.82, 2.24) is 4.90 Å². The predicted octanol–water partition coefficient (Wildman–Crippen LogP) is -0.869. The summed E-state index contributed by atoms with van der Waals surface area (Å²) < 4.78 is 15.4. The summed E-state index contributed by atoms with van der Waals surface area (Å²) in [5.74, 6) is -0.704. The lowest BCUT2D eigenvalue weighted by molar-refractivity contribution is -0.287. The third-order valence-electron chi connectivity index (χ3n) is 5.04. The highest BCUT2D eigenvalue weighted by molar-refractivity contribution is 5.82. The van der Waals surface area contributed by atoms with Gasteiger partial charge in [0, 0.05) is 6.54 Å². The molecule has 0 unspecified atom stereocenters. The summed E-state index contributed by atoms with van der Waals surface area (Å²) in [4.78, 5) is 26.1. The fraction of sp³-hybridized carbons (Fsp3) is 0.579. The second kappa shape index (κ2) is 9.51. The van der Waals surface area contributed by atoms with Crippen LogP contribution in [0.2, 0.25) is 0 Å². The molecule has 10 nitrogen and oxygen atoms in total. The van der Waals surface area contributed by atoms with Gasteiger partial charge in [-0.15, -0.1) is 0 Å². The van der Waals surface area contributed by atoms with Crippen LogP contribution in [0.5, 0.6) is 0 Å². The van der Waals surface area contributed by atoms with E-state index >= 15 is 0 Å². The van der Waals surface area contributed by atoms with Crippen molar-refractivity contribution in [3.63, 3.8) is 0 Å². The molecule has 0 aromatic heterocycles. The maximum atomic E-state index is 12.4. The smallest absolute Gasteiger partial charge is 0.410 e. The molecule has 2 heterocycles. The molecule has 0 spiro atoms. The third kappa shape index (κ3) is 5.03. The molecule has 0 bridgehead atoms. The van der Waals surface area contributed by atoms with Crippen LogP contribution in [-0.2, 0) is 25.6 Å². The summed E-state index contributed by atoms with van der Waals surface area (Å²) in [5.41, 5.74) is 0.821. The Kier molecular flexibility index (Phi) is 7.04. The van der Waals surface area contributed by atoms with E-state index in [2.05, 4.69) is 0 Å². The molecule has 4 N–H and O–H groups in total. The number of esters is 1. The molecule has 2 saturated heterocycles. The van der Waals surface area contributed by atoms with E-state index in [9.17, 15) is 30.0 Å². The Morgan fingerprint density at radius 2 is 1.76 bits per heavy atom. The molecule has 2 aliphatic rings. The number of carbonyl (C=O) groups is 2. The van der Waals surface area contributed by atoms with Gasteiger partial charge in [-0.05, 0) is 18.4 Å². The molecule has 1 aromatic carbocycles. The van der Waals surface area contributed by atoms with Crippen LogP contribution in [-0.4, -0.2) is 87.3 Å². The van der Waals surface area contributed by atoms with Crippen LogP contribution in [0, 0.1) is 0 Å². The van der Waals surface area contributed by atoms with Crippen LogP contribution in [0.4, 0.5) is 4.79 Å². The summed E-state index contributed by atoms with van der Waals surface area (Å²) in [6.07, 6.45) is -7.41. The fourth-order valence-electron chi connectivity index (χ4n) is 3.36. The molecular formula is C19H25NO9. The molecule has 0 aliphatic carbocycles. The molecule has 160 valence electrons. The minimum atomic E-state index is -1.71. The Bertz CT molecular complexity index is 700. The van der Waals surface area contributed by atoms with Gasteiger partial charge in [-0.2, -0.15) is 0 Å². The van der Waals surface area contributed by atoms with Crippen LogP contribution in [0.1, 0.15) is 18.4 Å². The van der Waals surface area contributed by atoms with Gasteiger partial charge in [0.05, 0.1) is 0 Å². The average Bonchev–Trinajstić information content (AvgIpc) is 3.23. The summed E-state index contributed by atoms with van der Waals surface area (Å²) >= 11 is 0. The molecule has 3 rings (SSSR count). The van der Waals surface area contributed by atoms with Gasteiger partial charge in [0.1, 0.15) is 43.7 Å². The lowest BCUT2D eigenvalue weighted by Crippen LogP contribution is -2.58. The first kappa shape index (κ1) is 21.5. The summed E-state index contributed by atoms with van der Waals surface area (Å²) in [5, 5.41) is 38.6. The van der Waals surface area contributed by atoms with Gasteiger partial charge in [0.15, 0.2) is 6.29 Å². The van der Waals surface area contributed by atoms with E-state index in [0.29, 0.717) is 19.4 Å². The van der Waals surface area contributed by atoms with Crippen LogP contribution in [0.3, 0.4) is 0 Å². The van der Waals surface area contributed by atoms with Gasteiger partial charge in [-0.25, -0.2) is 9.59 Å². The number of nitrogens with zero attached hydrogens (tertiary/aromatic N) is 1. The first-order chi connectivity index (χ1) is 13.9. The minimum Gasteiger partial charge on any atom is -0.461 e. The van der Waals surface area contributed by atoms with Crippen molar-refractivity contribution < 1.29 is 44.2 Å². The molecule has 10 heteroatoms. The summed E-state index contributed by atoms with van der Waals surface area (Å²) in [7, 11) is 0. The van der Waals surface area contributed by atoms with Gasteiger partial charge in [-0.1, -0.05) is 30.3 Å². The number of likely N-dealkylation sites (tertiary alicyclic amines) is 1. The normalized spacial score (nSPS) is 32.1. The van der Waals surface area contributed by atoms with E-state index in [1.807, 2.05) is 30.3 Å². The Morgan fingerprint density at radius 1 is 1.03 bits per heavy atom. The van der Waals surface area contributed by atoms with E-state index in [4.69, 9.17) is 14.2 Å². The molecule has 1 amide bonds. The van der Waals surface area contributed by atoms with Crippen LogP contribution in [0.25, 0.3) is 0 Å². The average molecular weight is 411 g/mol. The molecule has 0 radical (unpaired) electrons. The third-order valence-corrected chi connectivity index (χ3v) is 5.04. The zero-order chi connectivity index (χ0) is 21.0. The van der Waals surface area contributed by atoms with Crippen LogP contribution >= 0.6 is 0 Å². The molecule has 1 aromatic rings. The number of hydrogen-bond donors (Lipinski definition) is 4. The van der Waals surface area contributed by atoms with Crippen molar-refractivity contribution in [2.75, 3.05) is 13.2 Å². The molecular weight excluding hydrogens is 386 g/mol. The fourth-order valence-corrected chi connectivity index (χ4v) is 3.36. The number of hydrogen-bond acceptors (Lipinski definition) is 9. The van der Waals surface area contributed by atoms with Gasteiger partial charge in [0.2, 0.25) is 0 Å². The molecule has 29 heavy (non-hydrogen) atoms. The Labute approximate surface area is 167 Å². The predicted molar refractivity (Wildman–Crippen MR) is 96.2 cm³/mol. The van der Waals surface area contributed by atoms with E-state index in [0.717, 1.165) is 5.56 Å². The second-order valence-electron chi connectivity index (χ2n) is 7.06.